The van der Waals surface area contributed by atoms with E-state index in [9.17, 15) is 5.11 Å². The standard InChI is InChI=1S/C15H12BrClN2O/c1-2-19-13-5-3-9(16)7-12(13)18-15(19)11-8-10(17)4-6-14(11)20/h3-8,20H,2H2,1H3. The highest BCUT2D eigenvalue weighted by Crippen LogP contribution is 2.33. The molecule has 0 bridgehead atoms. The van der Waals surface area contributed by atoms with E-state index in [0.29, 0.717) is 10.6 Å². The molecule has 0 aliphatic rings. The van der Waals surface area contributed by atoms with Crippen LogP contribution in [0.25, 0.3) is 22.4 Å². The topological polar surface area (TPSA) is 38.0 Å². The summed E-state index contributed by atoms with van der Waals surface area (Å²) in [7, 11) is 0. The van der Waals surface area contributed by atoms with Gasteiger partial charge in [0.25, 0.3) is 0 Å². The molecule has 0 fully saturated rings. The molecular weight excluding hydrogens is 340 g/mol. The molecule has 102 valence electrons. The molecule has 2 aromatic carbocycles. The van der Waals surface area contributed by atoms with Crippen LogP contribution in [0.4, 0.5) is 0 Å². The van der Waals surface area contributed by atoms with Crippen LogP contribution < -0.4 is 0 Å². The number of hydrogen-bond donors (Lipinski definition) is 1. The van der Waals surface area contributed by atoms with Crippen LogP contribution in [0.2, 0.25) is 5.02 Å². The lowest BCUT2D eigenvalue weighted by Crippen LogP contribution is -1.97. The lowest BCUT2D eigenvalue weighted by Gasteiger charge is -2.08. The average Bonchev–Trinajstić information content (AvgIpc) is 2.78. The number of nitrogens with zero attached hydrogens (tertiary/aromatic N) is 2. The fourth-order valence-electron chi connectivity index (χ4n) is 2.32. The van der Waals surface area contributed by atoms with E-state index in [1.165, 1.54) is 0 Å². The van der Waals surface area contributed by atoms with Crippen LogP contribution in [-0.2, 0) is 6.54 Å². The van der Waals surface area contributed by atoms with E-state index in [4.69, 9.17) is 11.6 Å². The maximum Gasteiger partial charge on any atom is 0.144 e. The number of phenolic OH excluding ortho intramolecular Hbond substituents is 1. The number of fused-ring (bicyclic) bond motifs is 1. The van der Waals surface area contributed by atoms with Crippen LogP contribution in [0, 0.1) is 0 Å². The number of phenols is 1. The maximum atomic E-state index is 10.1. The Bertz CT molecular complexity index is 798. The zero-order valence-electron chi connectivity index (χ0n) is 10.8. The number of benzene rings is 2. The molecule has 0 spiro atoms. The van der Waals surface area contributed by atoms with E-state index in [2.05, 4.69) is 25.5 Å². The number of aromatic hydroxyl groups is 1. The summed E-state index contributed by atoms with van der Waals surface area (Å²) in [5.74, 6) is 0.902. The van der Waals surface area contributed by atoms with Gasteiger partial charge < -0.3 is 9.67 Å². The Labute approximate surface area is 130 Å². The van der Waals surface area contributed by atoms with Crippen molar-refractivity contribution in [1.29, 1.82) is 0 Å². The third-order valence-electron chi connectivity index (χ3n) is 3.23. The van der Waals surface area contributed by atoms with Gasteiger partial charge in [0.1, 0.15) is 11.6 Å². The molecule has 0 atom stereocenters. The van der Waals surface area contributed by atoms with Crippen molar-refractivity contribution in [3.05, 3.63) is 45.9 Å². The van der Waals surface area contributed by atoms with Crippen molar-refractivity contribution in [1.82, 2.24) is 9.55 Å². The number of halogens is 2. The van der Waals surface area contributed by atoms with Gasteiger partial charge in [-0.25, -0.2) is 4.98 Å². The van der Waals surface area contributed by atoms with Gasteiger partial charge in [0, 0.05) is 16.0 Å². The lowest BCUT2D eigenvalue weighted by molar-refractivity contribution is 0.476. The van der Waals surface area contributed by atoms with Crippen LogP contribution >= 0.6 is 27.5 Å². The van der Waals surface area contributed by atoms with Crippen molar-refractivity contribution in [2.45, 2.75) is 13.5 Å². The smallest absolute Gasteiger partial charge is 0.144 e. The van der Waals surface area contributed by atoms with E-state index >= 15 is 0 Å². The number of imidazole rings is 1. The van der Waals surface area contributed by atoms with Crippen LogP contribution in [0.1, 0.15) is 6.92 Å². The second-order valence-electron chi connectivity index (χ2n) is 4.47. The summed E-state index contributed by atoms with van der Waals surface area (Å²) in [6, 6.07) is 11.0. The van der Waals surface area contributed by atoms with Gasteiger partial charge in [0.05, 0.1) is 16.6 Å². The van der Waals surface area contributed by atoms with Gasteiger partial charge in [0.2, 0.25) is 0 Å². The predicted molar refractivity (Wildman–Crippen MR) is 85.2 cm³/mol. The molecule has 0 unspecified atom stereocenters. The van der Waals surface area contributed by atoms with E-state index in [-0.39, 0.29) is 5.75 Å². The normalized spacial score (nSPS) is 11.2. The molecule has 0 aliphatic carbocycles. The van der Waals surface area contributed by atoms with Gasteiger partial charge in [-0.3, -0.25) is 0 Å². The summed E-state index contributed by atoms with van der Waals surface area (Å²) in [5.41, 5.74) is 2.56. The summed E-state index contributed by atoms with van der Waals surface area (Å²) in [6.45, 7) is 2.81. The van der Waals surface area contributed by atoms with Crippen molar-refractivity contribution in [3.8, 4) is 17.1 Å². The molecule has 0 saturated heterocycles. The van der Waals surface area contributed by atoms with Crippen LogP contribution in [0.3, 0.4) is 0 Å². The Morgan fingerprint density at radius 3 is 2.80 bits per heavy atom. The molecule has 1 N–H and O–H groups in total. The molecule has 3 nitrogen and oxygen atoms in total. The first-order valence-corrected chi connectivity index (χ1v) is 7.42. The molecule has 0 radical (unpaired) electrons. The molecule has 0 aliphatic heterocycles. The first kappa shape index (κ1) is 13.5. The molecule has 3 rings (SSSR count). The van der Waals surface area contributed by atoms with Crippen molar-refractivity contribution in [2.24, 2.45) is 0 Å². The van der Waals surface area contributed by atoms with E-state index < -0.39 is 0 Å². The Balaban J connectivity index is 2.32. The quantitative estimate of drug-likeness (QED) is 0.717. The molecule has 0 saturated carbocycles. The van der Waals surface area contributed by atoms with Gasteiger partial charge in [-0.2, -0.15) is 0 Å². The Hall–Kier alpha value is -1.52. The van der Waals surface area contributed by atoms with E-state index in [0.717, 1.165) is 27.9 Å². The minimum absolute atomic E-state index is 0.179. The number of hydrogen-bond acceptors (Lipinski definition) is 2. The summed E-state index contributed by atoms with van der Waals surface area (Å²) >= 11 is 9.48. The fourth-order valence-corrected chi connectivity index (χ4v) is 2.84. The fraction of sp³-hybridized carbons (Fsp3) is 0.133. The first-order valence-electron chi connectivity index (χ1n) is 6.25. The first-order chi connectivity index (χ1) is 9.60. The monoisotopic (exact) mass is 350 g/mol. The predicted octanol–water partition coefficient (Wildman–Crippen LogP) is 4.84. The second-order valence-corrected chi connectivity index (χ2v) is 5.83. The molecule has 1 aromatic heterocycles. The third kappa shape index (κ3) is 2.19. The highest BCUT2D eigenvalue weighted by atomic mass is 79.9. The van der Waals surface area contributed by atoms with Gasteiger partial charge in [-0.15, -0.1) is 0 Å². The van der Waals surface area contributed by atoms with E-state index in [1.807, 2.05) is 25.1 Å². The van der Waals surface area contributed by atoms with Gasteiger partial charge in [-0.05, 0) is 43.3 Å². The van der Waals surface area contributed by atoms with Crippen LogP contribution in [0.5, 0.6) is 5.75 Å². The summed E-state index contributed by atoms with van der Waals surface area (Å²) in [5, 5.41) is 10.6. The van der Waals surface area contributed by atoms with Crippen molar-refractivity contribution < 1.29 is 5.11 Å². The number of aromatic nitrogens is 2. The van der Waals surface area contributed by atoms with Crippen molar-refractivity contribution >= 4 is 38.6 Å². The van der Waals surface area contributed by atoms with Crippen LogP contribution in [0.15, 0.2) is 40.9 Å². The van der Waals surface area contributed by atoms with Gasteiger partial charge in [0.15, 0.2) is 0 Å². The molecule has 0 amide bonds. The lowest BCUT2D eigenvalue weighted by atomic mass is 10.2. The highest BCUT2D eigenvalue weighted by Gasteiger charge is 2.15. The largest absolute Gasteiger partial charge is 0.507 e. The molecule has 3 aromatic rings. The van der Waals surface area contributed by atoms with Crippen LogP contribution in [-0.4, -0.2) is 14.7 Å². The third-order valence-corrected chi connectivity index (χ3v) is 3.95. The van der Waals surface area contributed by atoms with Crippen molar-refractivity contribution in [2.75, 3.05) is 0 Å². The Morgan fingerprint density at radius 1 is 1.25 bits per heavy atom. The van der Waals surface area contributed by atoms with E-state index in [1.54, 1.807) is 18.2 Å². The Kier molecular flexibility index (Phi) is 3.44. The summed E-state index contributed by atoms with van der Waals surface area (Å²) < 4.78 is 3.04. The minimum atomic E-state index is 0.179. The SMILES string of the molecule is CCn1c(-c2cc(Cl)ccc2O)nc2cc(Br)ccc21. The molecule has 1 heterocycles. The highest BCUT2D eigenvalue weighted by molar-refractivity contribution is 9.10. The summed E-state index contributed by atoms with van der Waals surface area (Å²) in [6.07, 6.45) is 0. The zero-order chi connectivity index (χ0) is 14.3. The minimum Gasteiger partial charge on any atom is -0.507 e. The number of aryl methyl sites for hydroxylation is 1. The van der Waals surface area contributed by atoms with Gasteiger partial charge >= 0.3 is 0 Å². The molecular formula is C15H12BrClN2O. The number of rotatable bonds is 2. The molecule has 20 heavy (non-hydrogen) atoms. The second kappa shape index (κ2) is 5.11. The van der Waals surface area contributed by atoms with Gasteiger partial charge in [-0.1, -0.05) is 27.5 Å². The molecule has 5 heteroatoms. The average molecular weight is 352 g/mol. The zero-order valence-corrected chi connectivity index (χ0v) is 13.1. The Morgan fingerprint density at radius 2 is 2.05 bits per heavy atom. The van der Waals surface area contributed by atoms with Crippen molar-refractivity contribution in [3.63, 3.8) is 0 Å². The summed E-state index contributed by atoms with van der Waals surface area (Å²) in [4.78, 5) is 4.63. The maximum absolute atomic E-state index is 10.1.